The van der Waals surface area contributed by atoms with Gasteiger partial charge in [0.2, 0.25) is 0 Å². The van der Waals surface area contributed by atoms with E-state index >= 15 is 0 Å². The van der Waals surface area contributed by atoms with Gasteiger partial charge in [-0.3, -0.25) is 0 Å². The Hall–Kier alpha value is -6.44. The fraction of sp³-hybridized carbons (Fsp3) is 0.213. The van der Waals surface area contributed by atoms with E-state index in [0.29, 0.717) is 5.56 Å². The smallest absolute Gasteiger partial charge is 0.0726 e. The van der Waals surface area contributed by atoms with Gasteiger partial charge in [0, 0.05) is 26.5 Å². The molecule has 0 saturated heterocycles. The minimum Gasteiger partial charge on any atom is -0.310 e. The molecule has 0 atom stereocenters. The second kappa shape index (κ2) is 13.3. The third kappa shape index (κ3) is 5.46. The highest BCUT2D eigenvalue weighted by molar-refractivity contribution is 5.98. The monoisotopic (exact) mass is 804 g/mol. The maximum Gasteiger partial charge on any atom is 0.0726 e. The minimum absolute atomic E-state index is 0.0528. The van der Waals surface area contributed by atoms with Crippen molar-refractivity contribution in [3.05, 3.63) is 220 Å². The zero-order valence-electron chi connectivity index (χ0n) is 40.1. The maximum absolute atomic E-state index is 8.33. The summed E-state index contributed by atoms with van der Waals surface area (Å²) in [6.45, 7) is 16.3. The summed E-state index contributed by atoms with van der Waals surface area (Å²) in [5, 5.41) is 0. The Morgan fingerprint density at radius 2 is 0.871 bits per heavy atom. The number of rotatable bonds is 4. The summed E-state index contributed by atoms with van der Waals surface area (Å²) in [6, 6.07) is 62.4. The van der Waals surface area contributed by atoms with Gasteiger partial charge >= 0.3 is 0 Å². The largest absolute Gasteiger partial charge is 0.310 e. The van der Waals surface area contributed by atoms with Crippen molar-refractivity contribution >= 4 is 17.1 Å². The average molecular weight is 805 g/mol. The summed E-state index contributed by atoms with van der Waals surface area (Å²) in [5.41, 5.74) is 22.5. The van der Waals surface area contributed by atoms with E-state index in [1.807, 2.05) is 18.2 Å². The molecule has 0 aliphatic heterocycles. The van der Waals surface area contributed by atoms with Crippen molar-refractivity contribution in [2.45, 2.75) is 83.9 Å². The lowest BCUT2D eigenvalue weighted by atomic mass is 9.68. The summed E-state index contributed by atoms with van der Waals surface area (Å²) in [5.74, 6) is 0. The Bertz CT molecular complexity index is 3200. The molecular formula is C61H55N. The molecular weight excluding hydrogens is 747 g/mol. The average Bonchev–Trinajstić information content (AvgIpc) is 3.83. The molecule has 0 aromatic heterocycles. The van der Waals surface area contributed by atoms with Crippen LogP contribution in [0.4, 0.5) is 17.1 Å². The van der Waals surface area contributed by atoms with E-state index in [1.165, 1.54) is 77.9 Å². The lowest BCUT2D eigenvalue weighted by Gasteiger charge is -2.34. The number of para-hydroxylation sites is 1. The topological polar surface area (TPSA) is 3.24 Å². The Balaban J connectivity index is 1.22. The molecule has 0 unspecified atom stereocenters. The van der Waals surface area contributed by atoms with Crippen LogP contribution in [0, 0.1) is 6.85 Å². The van der Waals surface area contributed by atoms with Crippen molar-refractivity contribution < 1.29 is 4.11 Å². The van der Waals surface area contributed by atoms with Crippen LogP contribution in [0.25, 0.3) is 44.5 Å². The van der Waals surface area contributed by atoms with Gasteiger partial charge < -0.3 is 4.90 Å². The Labute approximate surface area is 373 Å². The fourth-order valence-electron chi connectivity index (χ4n) is 11.1. The summed E-state index contributed by atoms with van der Waals surface area (Å²) in [4.78, 5) is 2.42. The molecule has 1 spiro atoms. The van der Waals surface area contributed by atoms with Crippen molar-refractivity contribution in [3.8, 4) is 44.5 Å². The molecule has 0 radical (unpaired) electrons. The van der Waals surface area contributed by atoms with Crippen LogP contribution in [0.3, 0.4) is 0 Å². The van der Waals surface area contributed by atoms with E-state index in [4.69, 9.17) is 4.11 Å². The number of aryl methyl sites for hydroxylation is 1. The SMILES string of the molecule is [2H]C([2H])([2H])c1cccc(-c2ccccc2N(c2ccc3c(c2)C(C)(C)c2ccccc2-3)c2ccc3c(c2)C2(c4ccccc4-3)c3cc(C(C)(C)C)ccc3-c3ccc(C(C)(C)C)cc32)c1. The van der Waals surface area contributed by atoms with Gasteiger partial charge in [-0.15, -0.1) is 0 Å². The highest BCUT2D eigenvalue weighted by Gasteiger charge is 2.52. The summed E-state index contributed by atoms with van der Waals surface area (Å²) >= 11 is 0. The molecule has 11 rings (SSSR count). The molecule has 304 valence electrons. The van der Waals surface area contributed by atoms with Crippen molar-refractivity contribution in [2.75, 3.05) is 4.90 Å². The Kier molecular flexibility index (Phi) is 7.54. The van der Waals surface area contributed by atoms with E-state index in [0.717, 1.165) is 28.2 Å². The van der Waals surface area contributed by atoms with Crippen LogP contribution in [0.1, 0.15) is 110 Å². The third-order valence-electron chi connectivity index (χ3n) is 14.3. The summed E-state index contributed by atoms with van der Waals surface area (Å²) < 4.78 is 25.0. The lowest BCUT2D eigenvalue weighted by molar-refractivity contribution is 0.586. The van der Waals surface area contributed by atoms with Crippen LogP contribution >= 0.6 is 0 Å². The first-order valence-electron chi connectivity index (χ1n) is 23.7. The number of benzene rings is 8. The number of hydrogen-bond acceptors (Lipinski definition) is 1. The fourth-order valence-corrected chi connectivity index (χ4v) is 11.1. The van der Waals surface area contributed by atoms with E-state index in [2.05, 4.69) is 206 Å². The van der Waals surface area contributed by atoms with Gasteiger partial charge in [0.1, 0.15) is 0 Å². The molecule has 1 nitrogen and oxygen atoms in total. The van der Waals surface area contributed by atoms with Crippen molar-refractivity contribution in [1.29, 1.82) is 0 Å². The predicted octanol–water partition coefficient (Wildman–Crippen LogP) is 16.4. The van der Waals surface area contributed by atoms with Gasteiger partial charge in [-0.2, -0.15) is 0 Å². The molecule has 0 amide bonds. The highest BCUT2D eigenvalue weighted by atomic mass is 15.1. The normalized spacial score (nSPS) is 15.7. The second-order valence-electron chi connectivity index (χ2n) is 20.4. The van der Waals surface area contributed by atoms with Crippen LogP contribution in [0.15, 0.2) is 170 Å². The van der Waals surface area contributed by atoms with E-state index < -0.39 is 12.3 Å². The number of nitrogens with zero attached hydrogens (tertiary/aromatic N) is 1. The number of anilines is 3. The van der Waals surface area contributed by atoms with E-state index in [-0.39, 0.29) is 16.2 Å². The number of hydrogen-bond donors (Lipinski definition) is 0. The lowest BCUT2D eigenvalue weighted by Crippen LogP contribution is -2.27. The van der Waals surface area contributed by atoms with Crippen molar-refractivity contribution in [3.63, 3.8) is 0 Å². The van der Waals surface area contributed by atoms with Gasteiger partial charge in [-0.25, -0.2) is 0 Å². The van der Waals surface area contributed by atoms with Crippen LogP contribution in [0.2, 0.25) is 0 Å². The molecule has 0 N–H and O–H groups in total. The molecule has 0 bridgehead atoms. The molecule has 62 heavy (non-hydrogen) atoms. The predicted molar refractivity (Wildman–Crippen MR) is 263 cm³/mol. The summed E-state index contributed by atoms with van der Waals surface area (Å²) in [6.07, 6.45) is 0. The van der Waals surface area contributed by atoms with Gasteiger partial charge in [-0.05, 0) is 131 Å². The van der Waals surface area contributed by atoms with E-state index in [9.17, 15) is 0 Å². The van der Waals surface area contributed by atoms with Gasteiger partial charge in [-0.1, -0.05) is 200 Å². The number of fused-ring (bicyclic) bond motifs is 13. The molecule has 0 fully saturated rings. The first kappa shape index (κ1) is 35.2. The van der Waals surface area contributed by atoms with Gasteiger partial charge in [0.25, 0.3) is 0 Å². The maximum atomic E-state index is 8.33. The molecule has 8 aromatic rings. The van der Waals surface area contributed by atoms with Crippen LogP contribution in [-0.2, 0) is 21.7 Å². The minimum atomic E-state index is -2.23. The van der Waals surface area contributed by atoms with Gasteiger partial charge in [0.15, 0.2) is 0 Å². The molecule has 3 aliphatic carbocycles. The molecule has 8 aromatic carbocycles. The summed E-state index contributed by atoms with van der Waals surface area (Å²) in [7, 11) is 0. The van der Waals surface area contributed by atoms with Crippen LogP contribution in [-0.4, -0.2) is 0 Å². The van der Waals surface area contributed by atoms with Crippen molar-refractivity contribution in [1.82, 2.24) is 0 Å². The Morgan fingerprint density at radius 1 is 0.403 bits per heavy atom. The van der Waals surface area contributed by atoms with Crippen molar-refractivity contribution in [2.24, 2.45) is 0 Å². The quantitative estimate of drug-likeness (QED) is 0.171. The highest BCUT2D eigenvalue weighted by Crippen LogP contribution is 2.64. The second-order valence-corrected chi connectivity index (χ2v) is 20.4. The standard InChI is InChI=1S/C61H55N/c1-38-17-16-18-39(33-38)44-19-12-15-24-57(44)62(42-27-31-47-45-20-10-13-22-51(45)60(8,9)53(47)36-42)43-28-32-50-46-21-11-14-23-52(46)61(56(50)37-43)54-34-40(58(2,3)4)25-29-48(54)49-30-26-41(35-55(49)61)59(5,6)7/h10-37H,1-9H3/i1D3. The molecule has 3 aliphatic rings. The first-order valence-corrected chi connectivity index (χ1v) is 22.2. The third-order valence-corrected chi connectivity index (χ3v) is 14.3. The Morgan fingerprint density at radius 3 is 1.47 bits per heavy atom. The first-order chi connectivity index (χ1) is 30.9. The van der Waals surface area contributed by atoms with E-state index in [1.54, 1.807) is 6.07 Å². The molecule has 1 heteroatoms. The van der Waals surface area contributed by atoms with Crippen LogP contribution in [0.5, 0.6) is 0 Å². The zero-order chi connectivity index (χ0) is 45.4. The van der Waals surface area contributed by atoms with Gasteiger partial charge in [0.05, 0.1) is 11.1 Å². The molecule has 0 heterocycles. The molecule has 0 saturated carbocycles. The van der Waals surface area contributed by atoms with Crippen LogP contribution < -0.4 is 4.90 Å². The zero-order valence-corrected chi connectivity index (χ0v) is 37.1.